The van der Waals surface area contributed by atoms with Gasteiger partial charge in [-0.3, -0.25) is 10.3 Å². The molecule has 11 aliphatic rings. The van der Waals surface area contributed by atoms with Gasteiger partial charge in [0.2, 0.25) is 0 Å². The molecular weight excluding hydrogens is 709 g/mol. The Labute approximate surface area is 345 Å². The van der Waals surface area contributed by atoms with Crippen LogP contribution in [0.1, 0.15) is 93.7 Å². The highest BCUT2D eigenvalue weighted by molar-refractivity contribution is 6.65. The molecule has 0 bridgehead atoms. The molecule has 8 heterocycles. The van der Waals surface area contributed by atoms with E-state index in [-0.39, 0.29) is 6.17 Å². The Kier molecular flexibility index (Phi) is 7.63. The van der Waals surface area contributed by atoms with Crippen molar-refractivity contribution in [3.8, 4) is 0 Å². The van der Waals surface area contributed by atoms with E-state index in [9.17, 15) is 0 Å². The number of fused-ring (bicyclic) bond motifs is 12. The number of benzene rings is 2. The second-order valence-electron chi connectivity index (χ2n) is 20.6. The zero-order valence-electron chi connectivity index (χ0n) is 34.0. The number of para-hydroxylation sites is 1. The van der Waals surface area contributed by atoms with Crippen molar-refractivity contribution in [3.05, 3.63) is 119 Å². The number of hydrogen-bond donors (Lipinski definition) is 3. The predicted octanol–water partition coefficient (Wildman–Crippen LogP) is 7.73. The molecule has 1 aromatic heterocycles. The fourth-order valence-corrected chi connectivity index (χ4v) is 17.1. The molecule has 58 heavy (non-hydrogen) atoms. The minimum absolute atomic E-state index is 0.274. The third-order valence-corrected chi connectivity index (χ3v) is 18.6. The van der Waals surface area contributed by atoms with Crippen LogP contribution in [0, 0.1) is 17.8 Å². The van der Waals surface area contributed by atoms with Crippen molar-refractivity contribution in [2.24, 2.45) is 17.8 Å². The number of anilines is 1. The van der Waals surface area contributed by atoms with Crippen molar-refractivity contribution in [2.75, 3.05) is 24.5 Å². The average molecular weight is 770 g/mol. The fourth-order valence-electron chi connectivity index (χ4n) is 17.1. The molecule has 7 aliphatic heterocycles. The van der Waals surface area contributed by atoms with Gasteiger partial charge >= 0.3 is 0 Å². The minimum atomic E-state index is 0.274. The topological polar surface area (TPSA) is 58.7 Å². The van der Waals surface area contributed by atoms with E-state index in [2.05, 4.69) is 116 Å². The Morgan fingerprint density at radius 1 is 0.621 bits per heavy atom. The van der Waals surface area contributed by atoms with Gasteiger partial charge in [-0.2, -0.15) is 0 Å². The second kappa shape index (κ2) is 13.0. The van der Waals surface area contributed by atoms with Crippen molar-refractivity contribution in [3.63, 3.8) is 0 Å². The van der Waals surface area contributed by atoms with Crippen LogP contribution in [0.4, 0.5) is 5.69 Å². The first kappa shape index (κ1) is 34.2. The van der Waals surface area contributed by atoms with Crippen LogP contribution in [0.3, 0.4) is 0 Å². The van der Waals surface area contributed by atoms with E-state index < -0.39 is 0 Å². The number of nitrogens with one attached hydrogen (secondary N) is 3. The highest BCUT2D eigenvalue weighted by Crippen LogP contribution is 2.70. The minimum Gasteiger partial charge on any atom is -0.367 e. The maximum absolute atomic E-state index is 5.21. The molecule has 14 rings (SSSR count). The normalized spacial score (nSPS) is 42.9. The van der Waals surface area contributed by atoms with Crippen LogP contribution in [0.2, 0.25) is 17.5 Å². The number of piperidine rings is 1. The van der Waals surface area contributed by atoms with Gasteiger partial charge in [-0.15, -0.1) is 0 Å². The maximum atomic E-state index is 5.21. The molecule has 8 heteroatoms. The third kappa shape index (κ3) is 4.55. The van der Waals surface area contributed by atoms with E-state index in [1.54, 1.807) is 17.0 Å². The summed E-state index contributed by atoms with van der Waals surface area (Å²) in [7, 11) is 0. The summed E-state index contributed by atoms with van der Waals surface area (Å²) in [5.74, 6) is 7.00. The van der Waals surface area contributed by atoms with Crippen molar-refractivity contribution in [1.82, 2.24) is 30.7 Å². The van der Waals surface area contributed by atoms with Crippen LogP contribution in [0.5, 0.6) is 0 Å². The van der Waals surface area contributed by atoms with Gasteiger partial charge in [-0.25, -0.2) is 0 Å². The number of rotatable bonds is 3. The van der Waals surface area contributed by atoms with E-state index in [1.807, 2.05) is 11.3 Å². The maximum Gasteiger partial charge on any atom is 0.159 e. The van der Waals surface area contributed by atoms with E-state index in [4.69, 9.17) is 4.98 Å². The van der Waals surface area contributed by atoms with Crippen molar-refractivity contribution in [1.29, 1.82) is 0 Å². The first-order valence-corrected chi connectivity index (χ1v) is 23.9. The van der Waals surface area contributed by atoms with Gasteiger partial charge < -0.3 is 25.3 Å². The summed E-state index contributed by atoms with van der Waals surface area (Å²) in [6, 6.07) is 33.3. The number of nitrogens with zero attached hydrogens (tertiary/aromatic N) is 4. The second-order valence-corrected chi connectivity index (χ2v) is 20.6. The smallest absolute Gasteiger partial charge is 0.159 e. The molecule has 7 fully saturated rings. The lowest BCUT2D eigenvalue weighted by atomic mass is 9.18. The highest BCUT2D eigenvalue weighted by atomic mass is 15.5. The molecule has 4 saturated heterocycles. The molecular formula is C50H60BN7. The highest BCUT2D eigenvalue weighted by Gasteiger charge is 2.71. The summed E-state index contributed by atoms with van der Waals surface area (Å²) >= 11 is 0. The van der Waals surface area contributed by atoms with Gasteiger partial charge in [0.05, 0.1) is 12.1 Å². The van der Waals surface area contributed by atoms with Gasteiger partial charge in [0.1, 0.15) is 12.0 Å². The van der Waals surface area contributed by atoms with Gasteiger partial charge in [-0.1, -0.05) is 80.3 Å². The van der Waals surface area contributed by atoms with Gasteiger partial charge in [-0.05, 0) is 122 Å². The molecule has 7 nitrogen and oxygen atoms in total. The molecule has 15 unspecified atom stereocenters. The lowest BCUT2D eigenvalue weighted by Crippen LogP contribution is -2.74. The summed E-state index contributed by atoms with van der Waals surface area (Å²) in [4.78, 5) is 14.5. The number of pyridine rings is 1. The number of hydrogen-bond acceptors (Lipinski definition) is 7. The van der Waals surface area contributed by atoms with Crippen LogP contribution in [-0.2, 0) is 0 Å². The lowest BCUT2D eigenvalue weighted by molar-refractivity contribution is 0.0132. The van der Waals surface area contributed by atoms with Gasteiger partial charge in [0, 0.05) is 78.3 Å². The summed E-state index contributed by atoms with van der Waals surface area (Å²) in [6.45, 7) is 4.06. The van der Waals surface area contributed by atoms with Crippen molar-refractivity contribution >= 4 is 12.4 Å². The molecule has 15 atom stereocenters. The first-order chi connectivity index (χ1) is 28.8. The molecule has 0 radical (unpaired) electrons. The van der Waals surface area contributed by atoms with E-state index in [1.165, 1.54) is 88.6 Å². The third-order valence-electron chi connectivity index (χ3n) is 18.6. The zero-order valence-corrected chi connectivity index (χ0v) is 34.0. The SMILES string of the molecule is c1ccc(C2CC3CCCCC3C3=C2N2C4CC(c5ccccn5)CC5C4B(C4CCCC6C7=C(N(c8ccccc8)C8NCCNC78)N5C46)C4CCNC3C42)cc1. The quantitative estimate of drug-likeness (QED) is 0.236. The number of allylic oxidation sites excluding steroid dienone is 1. The lowest BCUT2D eigenvalue weighted by Gasteiger charge is -2.68. The van der Waals surface area contributed by atoms with Crippen LogP contribution in [0.25, 0.3) is 0 Å². The molecule has 4 aliphatic carbocycles. The monoisotopic (exact) mass is 770 g/mol. The van der Waals surface area contributed by atoms with Gasteiger partial charge in [0.15, 0.2) is 6.71 Å². The first-order valence-electron chi connectivity index (χ1n) is 23.9. The van der Waals surface area contributed by atoms with Crippen molar-refractivity contribution in [2.45, 2.75) is 142 Å². The molecule has 3 aromatic rings. The van der Waals surface area contributed by atoms with Gasteiger partial charge in [0.25, 0.3) is 0 Å². The number of aromatic nitrogens is 1. The molecule has 0 amide bonds. The summed E-state index contributed by atoms with van der Waals surface area (Å²) in [5.41, 5.74) is 9.74. The van der Waals surface area contributed by atoms with E-state index >= 15 is 0 Å². The Balaban J connectivity index is 0.977. The largest absolute Gasteiger partial charge is 0.367 e. The molecule has 2 aromatic carbocycles. The Bertz CT molecular complexity index is 2140. The molecule has 298 valence electrons. The molecule has 3 saturated carbocycles. The molecule has 3 N–H and O–H groups in total. The fraction of sp³-hybridized carbons (Fsp3) is 0.580. The summed E-state index contributed by atoms with van der Waals surface area (Å²) in [6.07, 6.45) is 17.3. The van der Waals surface area contributed by atoms with Crippen LogP contribution >= 0.6 is 0 Å². The summed E-state index contributed by atoms with van der Waals surface area (Å²) < 4.78 is 0. The Hall–Kier alpha value is -3.59. The Morgan fingerprint density at radius 2 is 1.38 bits per heavy atom. The van der Waals surface area contributed by atoms with Crippen LogP contribution < -0.4 is 20.9 Å². The van der Waals surface area contributed by atoms with Crippen LogP contribution in [-0.4, -0.2) is 83.5 Å². The standard InChI is InChI=1S/C50H60BN7/c1-3-12-29(13-4-1)35-26-30-14-7-8-17-33(30)41-44-48-37(21-23-53-44)51-36-19-11-18-34-42-45-49(55-25-24-54-45)56(32-15-5-2-6-16-32)50(42)58(46(34)36)40-28-31(38-20-9-10-22-52-38)27-39(43(40)51)57(48)47(35)41/h1-6,9-10,12-13,15-16,20,22,30-31,33-37,39-40,43-46,48-49,53-55H,7-8,11,14,17-19,21,23-28H2. The van der Waals surface area contributed by atoms with Crippen LogP contribution in [0.15, 0.2) is 108 Å². The average Bonchev–Trinajstić information content (AvgIpc) is 3.94. The molecule has 0 spiro atoms. The number of piperazine rings is 1. The van der Waals surface area contributed by atoms with Crippen molar-refractivity contribution < 1.29 is 0 Å². The van der Waals surface area contributed by atoms with E-state index in [0.29, 0.717) is 59.8 Å². The zero-order chi connectivity index (χ0) is 37.6. The predicted molar refractivity (Wildman–Crippen MR) is 232 cm³/mol. The summed E-state index contributed by atoms with van der Waals surface area (Å²) in [5, 5.41) is 12.6. The van der Waals surface area contributed by atoms with E-state index in [0.717, 1.165) is 43.3 Å². The Morgan fingerprint density at radius 3 is 2.24 bits per heavy atom.